The van der Waals surface area contributed by atoms with Crippen LogP contribution in [-0.2, 0) is 11.3 Å². The molecule has 1 fully saturated rings. The molecule has 1 amide bonds. The molecule has 154 valence electrons. The number of fused-ring (bicyclic) bond motifs is 1. The second kappa shape index (κ2) is 9.67. The highest BCUT2D eigenvalue weighted by Crippen LogP contribution is 2.35. The summed E-state index contributed by atoms with van der Waals surface area (Å²) in [7, 11) is 1.50. The quantitative estimate of drug-likeness (QED) is 0.558. The summed E-state index contributed by atoms with van der Waals surface area (Å²) in [6, 6.07) is 13.2. The van der Waals surface area contributed by atoms with Crippen LogP contribution in [0.2, 0.25) is 0 Å². The number of hydrogen-bond donors (Lipinski definition) is 3. The van der Waals surface area contributed by atoms with Gasteiger partial charge in [0.2, 0.25) is 6.41 Å². The summed E-state index contributed by atoms with van der Waals surface area (Å²) in [5.41, 5.74) is 9.53. The van der Waals surface area contributed by atoms with E-state index in [9.17, 15) is 9.18 Å². The second-order valence-corrected chi connectivity index (χ2v) is 7.30. The maximum absolute atomic E-state index is 13.9. The molecule has 1 aromatic heterocycles. The Morgan fingerprint density at radius 3 is 2.76 bits per heavy atom. The lowest BCUT2D eigenvalue weighted by atomic mass is 9.96. The number of rotatable bonds is 6. The molecule has 4 N–H and O–H groups in total. The molecule has 6 heteroatoms. The number of aromatic amines is 1. The van der Waals surface area contributed by atoms with E-state index in [0.29, 0.717) is 19.1 Å². The largest absolute Gasteiger partial charge is 0.358 e. The van der Waals surface area contributed by atoms with E-state index in [0.717, 1.165) is 59.1 Å². The summed E-state index contributed by atoms with van der Waals surface area (Å²) in [5.74, 6) is -0.248. The minimum absolute atomic E-state index is 0.248. The Hall–Kier alpha value is -2.70. The van der Waals surface area contributed by atoms with Crippen molar-refractivity contribution in [1.29, 1.82) is 0 Å². The minimum Gasteiger partial charge on any atom is -0.358 e. The predicted molar refractivity (Wildman–Crippen MR) is 116 cm³/mol. The Morgan fingerprint density at radius 2 is 2.03 bits per heavy atom. The van der Waals surface area contributed by atoms with Gasteiger partial charge in [-0.05, 0) is 62.7 Å². The number of carbonyl (C=O) groups excluding carboxylic acids is 1. The topological polar surface area (TPSA) is 74.2 Å². The number of carbonyl (C=O) groups is 1. The van der Waals surface area contributed by atoms with Crippen molar-refractivity contribution in [2.45, 2.75) is 32.4 Å². The highest BCUT2D eigenvalue weighted by Gasteiger charge is 2.19. The fourth-order valence-electron chi connectivity index (χ4n) is 4.11. The average Bonchev–Trinajstić information content (AvgIpc) is 3.36. The van der Waals surface area contributed by atoms with Crippen molar-refractivity contribution in [2.24, 2.45) is 5.73 Å². The van der Waals surface area contributed by atoms with Gasteiger partial charge in [-0.3, -0.25) is 4.79 Å². The van der Waals surface area contributed by atoms with E-state index in [1.165, 1.54) is 13.1 Å². The Balaban J connectivity index is 0.00000117. The summed E-state index contributed by atoms with van der Waals surface area (Å²) in [6.45, 7) is 4.27. The van der Waals surface area contributed by atoms with Crippen LogP contribution >= 0.6 is 0 Å². The fourth-order valence-corrected chi connectivity index (χ4v) is 4.11. The Bertz CT molecular complexity index is 963. The highest BCUT2D eigenvalue weighted by atomic mass is 19.1. The first kappa shape index (κ1) is 21.0. The maximum atomic E-state index is 13.9. The zero-order valence-corrected chi connectivity index (χ0v) is 17.0. The van der Waals surface area contributed by atoms with Crippen molar-refractivity contribution < 1.29 is 9.18 Å². The van der Waals surface area contributed by atoms with Gasteiger partial charge in [0.25, 0.3) is 0 Å². The van der Waals surface area contributed by atoms with E-state index in [2.05, 4.69) is 16.0 Å². The second-order valence-electron chi connectivity index (χ2n) is 7.30. The summed E-state index contributed by atoms with van der Waals surface area (Å²) in [4.78, 5) is 16.8. The first-order chi connectivity index (χ1) is 14.2. The van der Waals surface area contributed by atoms with Gasteiger partial charge in [-0.2, -0.15) is 0 Å². The van der Waals surface area contributed by atoms with Crippen molar-refractivity contribution in [3.05, 3.63) is 59.5 Å². The number of aryl methyl sites for hydroxylation is 1. The summed E-state index contributed by atoms with van der Waals surface area (Å²) in [5, 5.41) is 4.31. The molecule has 1 aliphatic rings. The van der Waals surface area contributed by atoms with E-state index in [1.807, 2.05) is 36.1 Å². The average molecular weight is 397 g/mol. The van der Waals surface area contributed by atoms with E-state index in [1.54, 1.807) is 12.1 Å². The van der Waals surface area contributed by atoms with Crippen molar-refractivity contribution in [3.63, 3.8) is 0 Å². The zero-order valence-electron chi connectivity index (χ0n) is 17.0. The molecule has 0 bridgehead atoms. The Kier molecular flexibility index (Phi) is 7.01. The van der Waals surface area contributed by atoms with Gasteiger partial charge in [0.15, 0.2) is 0 Å². The predicted octanol–water partition coefficient (Wildman–Crippen LogP) is 3.57. The molecule has 4 rings (SSSR count). The molecule has 1 atom stereocenters. The molecule has 1 aliphatic heterocycles. The van der Waals surface area contributed by atoms with Gasteiger partial charge in [0.05, 0.1) is 0 Å². The molecule has 2 heterocycles. The van der Waals surface area contributed by atoms with Crippen LogP contribution in [0.15, 0.2) is 42.5 Å². The standard InChI is InChI=1S/C22H24FN3O.CH5N/c1-15-22(20-11-17(23)8-9-21(20)25-15)19-7-3-2-5-16(19)12-26(14-27)13-18-6-4-10-24-18;1-2/h2-3,5,7-9,11,14,18,24-25H,4,6,10,12-13H2,1H3;2H2,1H3. The SMILES string of the molecule is CN.Cc1[nH]c2ccc(F)cc2c1-c1ccccc1CN(C=O)CC1CCCN1. The number of nitrogens with one attached hydrogen (secondary N) is 2. The van der Waals surface area contributed by atoms with Crippen LogP contribution in [0.3, 0.4) is 0 Å². The lowest BCUT2D eigenvalue weighted by molar-refractivity contribution is -0.119. The van der Waals surface area contributed by atoms with E-state index in [-0.39, 0.29) is 5.82 Å². The third-order valence-corrected chi connectivity index (χ3v) is 5.37. The molecule has 0 aliphatic carbocycles. The minimum atomic E-state index is -0.248. The van der Waals surface area contributed by atoms with Crippen LogP contribution in [0.25, 0.3) is 22.0 Å². The Morgan fingerprint density at radius 1 is 1.24 bits per heavy atom. The first-order valence-corrected chi connectivity index (χ1v) is 10.0. The maximum Gasteiger partial charge on any atom is 0.210 e. The Labute approximate surface area is 171 Å². The van der Waals surface area contributed by atoms with Gasteiger partial charge in [-0.1, -0.05) is 24.3 Å². The summed E-state index contributed by atoms with van der Waals surface area (Å²) >= 11 is 0. The van der Waals surface area contributed by atoms with Gasteiger partial charge >= 0.3 is 0 Å². The lowest BCUT2D eigenvalue weighted by Crippen LogP contribution is -2.36. The fraction of sp³-hybridized carbons (Fsp3) is 0.348. The van der Waals surface area contributed by atoms with Gasteiger partial charge < -0.3 is 20.9 Å². The van der Waals surface area contributed by atoms with Gasteiger partial charge in [-0.15, -0.1) is 0 Å². The number of aromatic nitrogens is 1. The third kappa shape index (κ3) is 4.66. The molecule has 3 aromatic rings. The molecule has 0 radical (unpaired) electrons. The number of H-pyrrole nitrogens is 1. The number of nitrogens with zero attached hydrogens (tertiary/aromatic N) is 1. The van der Waals surface area contributed by atoms with Crippen molar-refractivity contribution in [1.82, 2.24) is 15.2 Å². The van der Waals surface area contributed by atoms with Crippen LogP contribution in [0, 0.1) is 12.7 Å². The normalized spacial score (nSPS) is 15.8. The first-order valence-electron chi connectivity index (χ1n) is 10.0. The smallest absolute Gasteiger partial charge is 0.210 e. The van der Waals surface area contributed by atoms with Gasteiger partial charge in [0, 0.05) is 41.3 Å². The molecule has 1 unspecified atom stereocenters. The van der Waals surface area contributed by atoms with Crippen molar-refractivity contribution in [2.75, 3.05) is 20.1 Å². The monoisotopic (exact) mass is 396 g/mol. The number of halogens is 1. The summed E-state index contributed by atoms with van der Waals surface area (Å²) in [6.07, 6.45) is 3.19. The van der Waals surface area contributed by atoms with Crippen LogP contribution in [0.1, 0.15) is 24.1 Å². The van der Waals surface area contributed by atoms with Gasteiger partial charge in [-0.25, -0.2) is 4.39 Å². The number of amides is 1. The van der Waals surface area contributed by atoms with Crippen molar-refractivity contribution >= 4 is 17.3 Å². The van der Waals surface area contributed by atoms with Crippen LogP contribution in [-0.4, -0.2) is 42.5 Å². The number of benzene rings is 2. The molecule has 29 heavy (non-hydrogen) atoms. The summed E-state index contributed by atoms with van der Waals surface area (Å²) < 4.78 is 13.9. The van der Waals surface area contributed by atoms with Crippen LogP contribution in [0.4, 0.5) is 4.39 Å². The molecule has 0 saturated carbocycles. The van der Waals surface area contributed by atoms with E-state index >= 15 is 0 Å². The van der Waals surface area contributed by atoms with Crippen LogP contribution < -0.4 is 11.1 Å². The third-order valence-electron chi connectivity index (χ3n) is 5.37. The van der Waals surface area contributed by atoms with E-state index in [4.69, 9.17) is 0 Å². The number of hydrogen-bond acceptors (Lipinski definition) is 3. The molecule has 2 aromatic carbocycles. The highest BCUT2D eigenvalue weighted by molar-refractivity contribution is 5.98. The van der Waals surface area contributed by atoms with E-state index < -0.39 is 0 Å². The molecular weight excluding hydrogens is 367 g/mol. The molecule has 5 nitrogen and oxygen atoms in total. The van der Waals surface area contributed by atoms with Crippen LogP contribution in [0.5, 0.6) is 0 Å². The lowest BCUT2D eigenvalue weighted by Gasteiger charge is -2.23. The van der Waals surface area contributed by atoms with Crippen molar-refractivity contribution in [3.8, 4) is 11.1 Å². The molecular formula is C23H29FN4O. The zero-order chi connectivity index (χ0) is 20.8. The molecule has 0 spiro atoms. The number of nitrogens with two attached hydrogens (primary N) is 1. The van der Waals surface area contributed by atoms with Gasteiger partial charge in [0.1, 0.15) is 5.82 Å². The molecule has 1 saturated heterocycles.